The molecule has 1 aromatic heterocycles. The normalized spacial score (nSPS) is 10.3. The fraction of sp³-hybridized carbons (Fsp3) is 0.100. The van der Waals surface area contributed by atoms with Crippen LogP contribution < -0.4 is 10.1 Å². The molecule has 1 heterocycles. The van der Waals surface area contributed by atoms with Crippen LogP contribution in [0.5, 0.6) is 11.6 Å². The van der Waals surface area contributed by atoms with Gasteiger partial charge in [0.15, 0.2) is 0 Å². The Bertz CT molecular complexity index is 976. The number of rotatable bonds is 7. The third kappa shape index (κ3) is 5.34. The number of nitro groups is 1. The SMILES string of the molecule is O=C(Cc1ccc([N+](=O)[O-])cc1)NCc1ccnc(Oc2ccc(F)cc2)c1. The number of amides is 1. The first-order valence-corrected chi connectivity index (χ1v) is 8.38. The highest BCUT2D eigenvalue weighted by atomic mass is 19.1. The van der Waals surface area contributed by atoms with Crippen LogP contribution in [0.15, 0.2) is 66.9 Å². The van der Waals surface area contributed by atoms with E-state index in [1.165, 1.54) is 36.4 Å². The molecule has 3 rings (SSSR count). The molecular formula is C20H16FN3O4. The van der Waals surface area contributed by atoms with Crippen molar-refractivity contribution < 1.29 is 18.8 Å². The molecule has 3 aromatic rings. The van der Waals surface area contributed by atoms with Gasteiger partial charge in [-0.15, -0.1) is 0 Å². The molecule has 142 valence electrons. The van der Waals surface area contributed by atoms with Gasteiger partial charge in [0.05, 0.1) is 11.3 Å². The van der Waals surface area contributed by atoms with Gasteiger partial charge in [-0.05, 0) is 41.5 Å². The molecule has 7 nitrogen and oxygen atoms in total. The lowest BCUT2D eigenvalue weighted by molar-refractivity contribution is -0.384. The van der Waals surface area contributed by atoms with Crippen LogP contribution in [0.25, 0.3) is 0 Å². The topological polar surface area (TPSA) is 94.4 Å². The number of nitrogens with zero attached hydrogens (tertiary/aromatic N) is 2. The van der Waals surface area contributed by atoms with Crippen LogP contribution in [0, 0.1) is 15.9 Å². The Labute approximate surface area is 160 Å². The van der Waals surface area contributed by atoms with Gasteiger partial charge >= 0.3 is 0 Å². The van der Waals surface area contributed by atoms with Gasteiger partial charge in [0, 0.05) is 30.9 Å². The van der Waals surface area contributed by atoms with Gasteiger partial charge in [0.1, 0.15) is 11.6 Å². The number of nitro benzene ring substituents is 1. The number of carbonyl (C=O) groups is 1. The number of halogens is 1. The molecule has 28 heavy (non-hydrogen) atoms. The summed E-state index contributed by atoms with van der Waals surface area (Å²) in [4.78, 5) is 26.3. The summed E-state index contributed by atoms with van der Waals surface area (Å²) in [5.41, 5.74) is 1.44. The minimum absolute atomic E-state index is 0.0189. The molecule has 0 fully saturated rings. The van der Waals surface area contributed by atoms with Crippen molar-refractivity contribution in [1.29, 1.82) is 0 Å². The molecule has 0 aliphatic heterocycles. The number of hydrogen-bond donors (Lipinski definition) is 1. The zero-order chi connectivity index (χ0) is 19.9. The molecule has 0 unspecified atom stereocenters. The highest BCUT2D eigenvalue weighted by molar-refractivity contribution is 5.78. The molecule has 0 bridgehead atoms. The van der Waals surface area contributed by atoms with Crippen molar-refractivity contribution in [3.63, 3.8) is 0 Å². The van der Waals surface area contributed by atoms with Crippen molar-refractivity contribution >= 4 is 11.6 Å². The summed E-state index contributed by atoms with van der Waals surface area (Å²) in [5.74, 6) is 0.207. The molecule has 0 radical (unpaired) electrons. The summed E-state index contributed by atoms with van der Waals surface area (Å²) < 4.78 is 18.5. The average molecular weight is 381 g/mol. The number of carbonyl (C=O) groups excluding carboxylic acids is 1. The molecule has 8 heteroatoms. The van der Waals surface area contributed by atoms with Gasteiger partial charge in [-0.3, -0.25) is 14.9 Å². The number of aromatic nitrogens is 1. The van der Waals surface area contributed by atoms with Gasteiger partial charge in [-0.25, -0.2) is 9.37 Å². The van der Waals surface area contributed by atoms with E-state index >= 15 is 0 Å². The van der Waals surface area contributed by atoms with Crippen LogP contribution in [0.4, 0.5) is 10.1 Å². The van der Waals surface area contributed by atoms with Gasteiger partial charge in [-0.1, -0.05) is 12.1 Å². The van der Waals surface area contributed by atoms with Crippen molar-refractivity contribution in [3.05, 3.63) is 93.9 Å². The number of non-ortho nitro benzene ring substituents is 1. The minimum Gasteiger partial charge on any atom is -0.439 e. The van der Waals surface area contributed by atoms with Crippen LogP contribution in [0.3, 0.4) is 0 Å². The second kappa shape index (κ2) is 8.72. The van der Waals surface area contributed by atoms with E-state index in [4.69, 9.17) is 4.74 Å². The van der Waals surface area contributed by atoms with E-state index in [1.807, 2.05) is 0 Å². The molecule has 1 N–H and O–H groups in total. The second-order valence-electron chi connectivity index (χ2n) is 5.94. The molecular weight excluding hydrogens is 365 g/mol. The van der Waals surface area contributed by atoms with Crippen molar-refractivity contribution in [2.24, 2.45) is 0 Å². The van der Waals surface area contributed by atoms with Gasteiger partial charge < -0.3 is 10.1 Å². The predicted molar refractivity (Wildman–Crippen MR) is 99.4 cm³/mol. The van der Waals surface area contributed by atoms with E-state index in [0.29, 0.717) is 17.2 Å². The van der Waals surface area contributed by atoms with Gasteiger partial charge in [0.2, 0.25) is 11.8 Å². The van der Waals surface area contributed by atoms with Gasteiger partial charge in [0.25, 0.3) is 5.69 Å². The zero-order valence-electron chi connectivity index (χ0n) is 14.7. The highest BCUT2D eigenvalue weighted by Gasteiger charge is 2.08. The number of ether oxygens (including phenoxy) is 1. The molecule has 0 aliphatic carbocycles. The molecule has 0 spiro atoms. The third-order valence-electron chi connectivity index (χ3n) is 3.84. The van der Waals surface area contributed by atoms with Crippen molar-refractivity contribution in [3.8, 4) is 11.6 Å². The first kappa shape index (κ1) is 19.0. The lowest BCUT2D eigenvalue weighted by atomic mass is 10.1. The Kier molecular flexibility index (Phi) is 5.91. The van der Waals surface area contributed by atoms with E-state index in [1.54, 1.807) is 30.5 Å². The molecule has 0 aliphatic rings. The maximum Gasteiger partial charge on any atom is 0.269 e. The first-order chi connectivity index (χ1) is 13.5. The fourth-order valence-corrected chi connectivity index (χ4v) is 2.42. The summed E-state index contributed by atoms with van der Waals surface area (Å²) >= 11 is 0. The van der Waals surface area contributed by atoms with E-state index < -0.39 is 4.92 Å². The van der Waals surface area contributed by atoms with Crippen LogP contribution in [-0.4, -0.2) is 15.8 Å². The highest BCUT2D eigenvalue weighted by Crippen LogP contribution is 2.20. The standard InChI is InChI=1S/C20H16FN3O4/c21-16-3-7-18(8-4-16)28-20-12-15(9-10-22-20)13-23-19(25)11-14-1-5-17(6-2-14)24(26)27/h1-10,12H,11,13H2,(H,23,25). The van der Waals surface area contributed by atoms with Crippen LogP contribution >= 0.6 is 0 Å². The fourth-order valence-electron chi connectivity index (χ4n) is 2.42. The summed E-state index contributed by atoms with van der Waals surface area (Å²) in [6.07, 6.45) is 1.67. The molecule has 0 saturated heterocycles. The van der Waals surface area contributed by atoms with Crippen molar-refractivity contribution in [2.75, 3.05) is 0 Å². The maximum atomic E-state index is 12.9. The smallest absolute Gasteiger partial charge is 0.269 e. The van der Waals surface area contributed by atoms with Crippen molar-refractivity contribution in [1.82, 2.24) is 10.3 Å². The molecule has 1 amide bonds. The van der Waals surface area contributed by atoms with E-state index in [9.17, 15) is 19.3 Å². The van der Waals surface area contributed by atoms with Crippen LogP contribution in [0.2, 0.25) is 0 Å². The van der Waals surface area contributed by atoms with E-state index in [-0.39, 0.29) is 30.4 Å². The largest absolute Gasteiger partial charge is 0.439 e. The second-order valence-corrected chi connectivity index (χ2v) is 5.94. The Morgan fingerprint density at radius 3 is 2.46 bits per heavy atom. The number of hydrogen-bond acceptors (Lipinski definition) is 5. The summed E-state index contributed by atoms with van der Waals surface area (Å²) in [6, 6.07) is 14.8. The third-order valence-corrected chi connectivity index (χ3v) is 3.84. The van der Waals surface area contributed by atoms with E-state index in [0.717, 1.165) is 5.56 Å². The molecule has 2 aromatic carbocycles. The summed E-state index contributed by atoms with van der Waals surface area (Å²) in [7, 11) is 0. The number of pyridine rings is 1. The van der Waals surface area contributed by atoms with E-state index in [2.05, 4.69) is 10.3 Å². The Hall–Kier alpha value is -3.81. The Balaban J connectivity index is 1.54. The Morgan fingerprint density at radius 1 is 1.07 bits per heavy atom. The lowest BCUT2D eigenvalue weighted by Crippen LogP contribution is -2.24. The summed E-state index contributed by atoms with van der Waals surface area (Å²) in [5, 5.41) is 13.4. The monoisotopic (exact) mass is 381 g/mol. The zero-order valence-corrected chi connectivity index (χ0v) is 14.7. The Morgan fingerprint density at radius 2 is 1.79 bits per heavy atom. The minimum atomic E-state index is -0.487. The summed E-state index contributed by atoms with van der Waals surface area (Å²) in [6.45, 7) is 0.272. The number of benzene rings is 2. The quantitative estimate of drug-likeness (QED) is 0.496. The molecule has 0 saturated carbocycles. The van der Waals surface area contributed by atoms with Gasteiger partial charge in [-0.2, -0.15) is 0 Å². The average Bonchev–Trinajstić information content (AvgIpc) is 2.69. The number of nitrogens with one attached hydrogen (secondary N) is 1. The maximum absolute atomic E-state index is 12.9. The lowest BCUT2D eigenvalue weighted by Gasteiger charge is -2.08. The van der Waals surface area contributed by atoms with Crippen LogP contribution in [-0.2, 0) is 17.8 Å². The predicted octanol–water partition coefficient (Wildman–Crippen LogP) is 3.78. The van der Waals surface area contributed by atoms with Crippen LogP contribution in [0.1, 0.15) is 11.1 Å². The van der Waals surface area contributed by atoms with Crippen molar-refractivity contribution in [2.45, 2.75) is 13.0 Å². The molecule has 0 atom stereocenters. The first-order valence-electron chi connectivity index (χ1n) is 8.38.